The fourth-order valence-corrected chi connectivity index (χ4v) is 5.48. The summed E-state index contributed by atoms with van der Waals surface area (Å²) in [7, 11) is 0. The first-order valence-corrected chi connectivity index (χ1v) is 12.8. The number of benzene rings is 3. The number of aromatic amines is 1. The standard InChI is InChI=1S/C28H28FN3OS/c29-21-12-14-22(15-13-21)34-26-18-24-23(31-28(32-24)20-9-5-2-6-10-20)17-25(26)30-27(33)16-11-19-7-3-1-4-8-19/h1,3-4,7-8,12-15,17-18,20H,2,5-6,9-11,16H2,(H,30,33)(H,31,32). The number of nitrogens with one attached hydrogen (secondary N) is 2. The number of hydrogen-bond acceptors (Lipinski definition) is 3. The maximum Gasteiger partial charge on any atom is 0.224 e. The van der Waals surface area contributed by atoms with Crippen LogP contribution in [0.15, 0.2) is 76.5 Å². The summed E-state index contributed by atoms with van der Waals surface area (Å²) in [6, 6.07) is 20.4. The molecular formula is C28H28FN3OS. The zero-order chi connectivity index (χ0) is 23.3. The van der Waals surface area contributed by atoms with E-state index in [1.807, 2.05) is 36.4 Å². The van der Waals surface area contributed by atoms with Crippen LogP contribution >= 0.6 is 11.8 Å². The average molecular weight is 474 g/mol. The zero-order valence-corrected chi connectivity index (χ0v) is 19.8. The fraction of sp³-hybridized carbons (Fsp3) is 0.286. The third-order valence-electron chi connectivity index (χ3n) is 6.39. The Bertz CT molecular complexity index is 1260. The second-order valence-corrected chi connectivity index (χ2v) is 10.0. The molecule has 34 heavy (non-hydrogen) atoms. The van der Waals surface area contributed by atoms with Gasteiger partial charge in [0.05, 0.1) is 16.7 Å². The average Bonchev–Trinajstić information content (AvgIpc) is 3.28. The molecule has 0 atom stereocenters. The van der Waals surface area contributed by atoms with E-state index in [4.69, 9.17) is 4.98 Å². The normalized spacial score (nSPS) is 14.4. The van der Waals surface area contributed by atoms with Crippen LogP contribution in [0.1, 0.15) is 55.8 Å². The van der Waals surface area contributed by atoms with Crippen molar-refractivity contribution in [2.24, 2.45) is 0 Å². The van der Waals surface area contributed by atoms with E-state index in [0.717, 1.165) is 37.9 Å². The van der Waals surface area contributed by atoms with E-state index in [1.165, 1.54) is 56.0 Å². The molecule has 1 amide bonds. The summed E-state index contributed by atoms with van der Waals surface area (Å²) in [5, 5.41) is 3.11. The monoisotopic (exact) mass is 473 g/mol. The molecule has 3 aromatic carbocycles. The molecule has 0 radical (unpaired) electrons. The molecule has 4 aromatic rings. The van der Waals surface area contributed by atoms with Crippen molar-refractivity contribution in [1.29, 1.82) is 0 Å². The van der Waals surface area contributed by atoms with Gasteiger partial charge in [-0.1, -0.05) is 61.4 Å². The quantitative estimate of drug-likeness (QED) is 0.293. The largest absolute Gasteiger partial charge is 0.342 e. The zero-order valence-electron chi connectivity index (χ0n) is 19.0. The first-order chi connectivity index (χ1) is 16.6. The van der Waals surface area contributed by atoms with Gasteiger partial charge in [0.15, 0.2) is 0 Å². The Hall–Kier alpha value is -3.12. The number of rotatable bonds is 7. The molecular weight excluding hydrogens is 445 g/mol. The van der Waals surface area contributed by atoms with Gasteiger partial charge < -0.3 is 10.3 Å². The Morgan fingerprint density at radius 1 is 1.03 bits per heavy atom. The molecule has 1 aliphatic rings. The van der Waals surface area contributed by atoms with Gasteiger partial charge in [-0.2, -0.15) is 0 Å². The van der Waals surface area contributed by atoms with E-state index in [9.17, 15) is 9.18 Å². The summed E-state index contributed by atoms with van der Waals surface area (Å²) < 4.78 is 13.4. The van der Waals surface area contributed by atoms with Crippen molar-refractivity contribution in [2.75, 3.05) is 5.32 Å². The smallest absolute Gasteiger partial charge is 0.224 e. The number of H-pyrrole nitrogens is 1. The van der Waals surface area contributed by atoms with Gasteiger partial charge in [-0.15, -0.1) is 0 Å². The van der Waals surface area contributed by atoms with Crippen molar-refractivity contribution in [1.82, 2.24) is 9.97 Å². The molecule has 4 nitrogen and oxygen atoms in total. The molecule has 2 N–H and O–H groups in total. The number of hydrogen-bond donors (Lipinski definition) is 2. The third kappa shape index (κ3) is 5.50. The molecule has 0 saturated heterocycles. The van der Waals surface area contributed by atoms with Crippen LogP contribution in [0.4, 0.5) is 10.1 Å². The number of imidazole rings is 1. The van der Waals surface area contributed by atoms with E-state index in [2.05, 4.69) is 16.4 Å². The van der Waals surface area contributed by atoms with Gasteiger partial charge in [0, 0.05) is 22.1 Å². The summed E-state index contributed by atoms with van der Waals surface area (Å²) in [6.07, 6.45) is 7.21. The molecule has 174 valence electrons. The maximum absolute atomic E-state index is 13.4. The topological polar surface area (TPSA) is 57.8 Å². The lowest BCUT2D eigenvalue weighted by molar-refractivity contribution is -0.116. The predicted octanol–water partition coefficient (Wildman–Crippen LogP) is 7.47. The Labute approximate surface area is 203 Å². The lowest BCUT2D eigenvalue weighted by atomic mass is 9.89. The van der Waals surface area contributed by atoms with E-state index in [-0.39, 0.29) is 11.7 Å². The number of nitrogens with zero attached hydrogens (tertiary/aromatic N) is 1. The van der Waals surface area contributed by atoms with Crippen LogP contribution in [0.3, 0.4) is 0 Å². The third-order valence-corrected chi connectivity index (χ3v) is 7.46. The highest BCUT2D eigenvalue weighted by Crippen LogP contribution is 2.38. The highest BCUT2D eigenvalue weighted by Gasteiger charge is 2.20. The molecule has 0 bridgehead atoms. The van der Waals surface area contributed by atoms with Gasteiger partial charge in [0.2, 0.25) is 5.91 Å². The number of amides is 1. The minimum absolute atomic E-state index is 0.0350. The molecule has 5 rings (SSSR count). The summed E-state index contributed by atoms with van der Waals surface area (Å²) in [4.78, 5) is 23.1. The van der Waals surface area contributed by atoms with Gasteiger partial charge in [0.25, 0.3) is 0 Å². The number of aromatic nitrogens is 2. The number of aryl methyl sites for hydroxylation is 1. The minimum atomic E-state index is -0.264. The SMILES string of the molecule is O=C(CCc1ccccc1)Nc1cc2nc(C3CCCCC3)[nH]c2cc1Sc1ccc(F)cc1. The van der Waals surface area contributed by atoms with Gasteiger partial charge in [-0.25, -0.2) is 9.37 Å². The molecule has 0 spiro atoms. The van der Waals surface area contributed by atoms with Gasteiger partial charge in [-0.05, 0) is 61.2 Å². The Morgan fingerprint density at radius 2 is 1.79 bits per heavy atom. The van der Waals surface area contributed by atoms with Crippen molar-refractivity contribution < 1.29 is 9.18 Å². The second-order valence-electron chi connectivity index (χ2n) is 8.91. The van der Waals surface area contributed by atoms with Crippen molar-refractivity contribution >= 4 is 34.4 Å². The molecule has 1 aliphatic carbocycles. The molecule has 0 unspecified atom stereocenters. The minimum Gasteiger partial charge on any atom is -0.342 e. The molecule has 0 aliphatic heterocycles. The van der Waals surface area contributed by atoms with Crippen molar-refractivity contribution in [3.05, 3.63) is 83.9 Å². The molecule has 1 saturated carbocycles. The van der Waals surface area contributed by atoms with E-state index in [0.29, 0.717) is 18.8 Å². The van der Waals surface area contributed by atoms with E-state index in [1.54, 1.807) is 12.1 Å². The highest BCUT2D eigenvalue weighted by molar-refractivity contribution is 7.99. The van der Waals surface area contributed by atoms with Crippen molar-refractivity contribution in [3.63, 3.8) is 0 Å². The first kappa shape index (κ1) is 22.7. The summed E-state index contributed by atoms with van der Waals surface area (Å²) in [6.45, 7) is 0. The second kappa shape index (κ2) is 10.4. The van der Waals surface area contributed by atoms with Crippen LogP contribution in [0.5, 0.6) is 0 Å². The van der Waals surface area contributed by atoms with Gasteiger partial charge in [0.1, 0.15) is 11.6 Å². The lowest BCUT2D eigenvalue weighted by Gasteiger charge is -2.18. The summed E-state index contributed by atoms with van der Waals surface area (Å²) in [5.41, 5.74) is 3.70. The number of fused-ring (bicyclic) bond motifs is 1. The Morgan fingerprint density at radius 3 is 2.56 bits per heavy atom. The highest BCUT2D eigenvalue weighted by atomic mass is 32.2. The maximum atomic E-state index is 13.4. The lowest BCUT2D eigenvalue weighted by Crippen LogP contribution is -2.13. The van der Waals surface area contributed by atoms with Crippen molar-refractivity contribution in [3.8, 4) is 0 Å². The number of carbonyl (C=O) groups excluding carboxylic acids is 1. The van der Waals surface area contributed by atoms with Crippen LogP contribution < -0.4 is 5.32 Å². The summed E-state index contributed by atoms with van der Waals surface area (Å²) in [5.74, 6) is 1.21. The predicted molar refractivity (Wildman–Crippen MR) is 136 cm³/mol. The first-order valence-electron chi connectivity index (χ1n) is 11.9. The van der Waals surface area contributed by atoms with E-state index < -0.39 is 0 Å². The Kier molecular flexibility index (Phi) is 6.95. The van der Waals surface area contributed by atoms with E-state index >= 15 is 0 Å². The fourth-order valence-electron chi connectivity index (χ4n) is 4.55. The van der Waals surface area contributed by atoms with Crippen LogP contribution in [0.25, 0.3) is 11.0 Å². The molecule has 1 fully saturated rings. The van der Waals surface area contributed by atoms with Crippen LogP contribution in [0.2, 0.25) is 0 Å². The summed E-state index contributed by atoms with van der Waals surface area (Å²) >= 11 is 1.51. The number of carbonyl (C=O) groups is 1. The van der Waals surface area contributed by atoms with Crippen LogP contribution in [-0.2, 0) is 11.2 Å². The molecule has 1 aromatic heterocycles. The van der Waals surface area contributed by atoms with Crippen LogP contribution in [0, 0.1) is 5.82 Å². The molecule has 6 heteroatoms. The molecule has 1 heterocycles. The van der Waals surface area contributed by atoms with Gasteiger partial charge >= 0.3 is 0 Å². The van der Waals surface area contributed by atoms with Crippen molar-refractivity contribution in [2.45, 2.75) is 60.7 Å². The number of halogens is 1. The Balaban J connectivity index is 1.41. The number of anilines is 1. The van der Waals surface area contributed by atoms with Gasteiger partial charge in [-0.3, -0.25) is 4.79 Å². The van der Waals surface area contributed by atoms with Crippen LogP contribution in [-0.4, -0.2) is 15.9 Å².